The van der Waals surface area contributed by atoms with Crippen LogP contribution in [0.15, 0.2) is 0 Å². The van der Waals surface area contributed by atoms with Crippen molar-refractivity contribution in [3.8, 4) is 0 Å². The van der Waals surface area contributed by atoms with Gasteiger partial charge in [-0.3, -0.25) is 4.79 Å². The standard InChI is InChI=1S/C12H27N3O/c1-5-9-15(4)12(16)11(13)8-6-7-10-14(2)3/h11H,5-10,13H2,1-4H3. The zero-order chi connectivity index (χ0) is 12.6. The lowest BCUT2D eigenvalue weighted by Crippen LogP contribution is -2.42. The highest BCUT2D eigenvalue weighted by Crippen LogP contribution is 2.03. The molecule has 0 rings (SSSR count). The monoisotopic (exact) mass is 229 g/mol. The van der Waals surface area contributed by atoms with Gasteiger partial charge in [-0.15, -0.1) is 0 Å². The summed E-state index contributed by atoms with van der Waals surface area (Å²) >= 11 is 0. The predicted octanol–water partition coefficient (Wildman–Crippen LogP) is 0.914. The van der Waals surface area contributed by atoms with Crippen molar-refractivity contribution in [2.24, 2.45) is 5.73 Å². The van der Waals surface area contributed by atoms with Crippen LogP contribution in [0.2, 0.25) is 0 Å². The van der Waals surface area contributed by atoms with Crippen molar-refractivity contribution in [3.63, 3.8) is 0 Å². The highest BCUT2D eigenvalue weighted by Gasteiger charge is 2.16. The number of hydrogen-bond acceptors (Lipinski definition) is 3. The Labute approximate surface area is 99.8 Å². The molecule has 0 saturated carbocycles. The van der Waals surface area contributed by atoms with Crippen LogP contribution in [-0.4, -0.2) is 56.0 Å². The largest absolute Gasteiger partial charge is 0.344 e. The van der Waals surface area contributed by atoms with E-state index in [1.165, 1.54) is 0 Å². The summed E-state index contributed by atoms with van der Waals surface area (Å²) in [6, 6.07) is -0.321. The second-order valence-corrected chi connectivity index (χ2v) is 4.67. The fourth-order valence-electron chi connectivity index (χ4n) is 1.64. The molecule has 1 atom stereocenters. The van der Waals surface area contributed by atoms with E-state index in [0.29, 0.717) is 0 Å². The molecule has 0 heterocycles. The third-order valence-electron chi connectivity index (χ3n) is 2.62. The number of carbonyl (C=O) groups is 1. The molecule has 0 aromatic rings. The molecular weight excluding hydrogens is 202 g/mol. The molecule has 0 fully saturated rings. The van der Waals surface area contributed by atoms with E-state index in [2.05, 4.69) is 25.9 Å². The summed E-state index contributed by atoms with van der Waals surface area (Å²) in [6.07, 6.45) is 3.90. The minimum atomic E-state index is -0.321. The summed E-state index contributed by atoms with van der Waals surface area (Å²) in [7, 11) is 5.94. The van der Waals surface area contributed by atoms with Crippen LogP contribution in [0.4, 0.5) is 0 Å². The molecular formula is C12H27N3O. The van der Waals surface area contributed by atoms with Crippen LogP contribution in [0.3, 0.4) is 0 Å². The average Bonchev–Trinajstić information content (AvgIpc) is 2.23. The van der Waals surface area contributed by atoms with Gasteiger partial charge >= 0.3 is 0 Å². The zero-order valence-corrected chi connectivity index (χ0v) is 11.2. The summed E-state index contributed by atoms with van der Waals surface area (Å²) in [6.45, 7) is 3.92. The van der Waals surface area contributed by atoms with E-state index in [-0.39, 0.29) is 11.9 Å². The van der Waals surface area contributed by atoms with Gasteiger partial charge in [0, 0.05) is 13.6 Å². The Morgan fingerprint density at radius 2 is 1.81 bits per heavy atom. The van der Waals surface area contributed by atoms with E-state index in [9.17, 15) is 4.79 Å². The lowest BCUT2D eigenvalue weighted by atomic mass is 10.1. The first-order valence-electron chi connectivity index (χ1n) is 6.14. The number of amides is 1. The van der Waals surface area contributed by atoms with Gasteiger partial charge in [-0.05, 0) is 39.9 Å². The van der Waals surface area contributed by atoms with Crippen molar-refractivity contribution in [2.45, 2.75) is 38.6 Å². The highest BCUT2D eigenvalue weighted by atomic mass is 16.2. The maximum atomic E-state index is 11.8. The number of hydrogen-bond donors (Lipinski definition) is 1. The number of nitrogens with zero attached hydrogens (tertiary/aromatic N) is 2. The normalized spacial score (nSPS) is 12.9. The summed E-state index contributed by atoms with van der Waals surface area (Å²) in [5.74, 6) is 0.0757. The highest BCUT2D eigenvalue weighted by molar-refractivity contribution is 5.81. The van der Waals surface area contributed by atoms with Crippen molar-refractivity contribution < 1.29 is 4.79 Å². The van der Waals surface area contributed by atoms with Gasteiger partial charge in [0.05, 0.1) is 6.04 Å². The third kappa shape index (κ3) is 6.80. The quantitative estimate of drug-likeness (QED) is 0.630. The van der Waals surface area contributed by atoms with Crippen molar-refractivity contribution in [1.29, 1.82) is 0 Å². The molecule has 0 aromatic heterocycles. The Morgan fingerprint density at radius 1 is 1.19 bits per heavy atom. The van der Waals surface area contributed by atoms with Gasteiger partial charge in [0.2, 0.25) is 5.91 Å². The molecule has 1 unspecified atom stereocenters. The molecule has 0 aliphatic heterocycles. The van der Waals surface area contributed by atoms with Crippen molar-refractivity contribution >= 4 is 5.91 Å². The molecule has 0 aromatic carbocycles. The number of likely N-dealkylation sites (N-methyl/N-ethyl adjacent to an activating group) is 1. The maximum absolute atomic E-state index is 11.8. The van der Waals surface area contributed by atoms with Crippen molar-refractivity contribution in [3.05, 3.63) is 0 Å². The van der Waals surface area contributed by atoms with Gasteiger partial charge in [-0.2, -0.15) is 0 Å². The van der Waals surface area contributed by atoms with Crippen LogP contribution in [0, 0.1) is 0 Å². The predicted molar refractivity (Wildman–Crippen MR) is 68.3 cm³/mol. The summed E-state index contributed by atoms with van der Waals surface area (Å²) in [4.78, 5) is 15.6. The number of carbonyl (C=O) groups excluding carboxylic acids is 1. The fourth-order valence-corrected chi connectivity index (χ4v) is 1.64. The molecule has 0 spiro atoms. The van der Waals surface area contributed by atoms with Gasteiger partial charge in [0.25, 0.3) is 0 Å². The van der Waals surface area contributed by atoms with Gasteiger partial charge < -0.3 is 15.5 Å². The smallest absolute Gasteiger partial charge is 0.239 e. The lowest BCUT2D eigenvalue weighted by molar-refractivity contribution is -0.131. The van der Waals surface area contributed by atoms with Gasteiger partial charge in [-0.1, -0.05) is 13.3 Å². The first-order valence-corrected chi connectivity index (χ1v) is 6.14. The van der Waals surface area contributed by atoms with Crippen molar-refractivity contribution in [2.75, 3.05) is 34.2 Å². The van der Waals surface area contributed by atoms with Crippen molar-refractivity contribution in [1.82, 2.24) is 9.80 Å². The van der Waals surface area contributed by atoms with Crippen LogP contribution in [0.25, 0.3) is 0 Å². The minimum Gasteiger partial charge on any atom is -0.344 e. The maximum Gasteiger partial charge on any atom is 0.239 e. The molecule has 1 amide bonds. The first kappa shape index (κ1) is 15.4. The Balaban J connectivity index is 3.70. The fraction of sp³-hybridized carbons (Fsp3) is 0.917. The molecule has 0 aliphatic rings. The molecule has 0 aliphatic carbocycles. The second kappa shape index (κ2) is 8.53. The van der Waals surface area contributed by atoms with E-state index < -0.39 is 0 Å². The number of unbranched alkanes of at least 4 members (excludes halogenated alkanes) is 1. The second-order valence-electron chi connectivity index (χ2n) is 4.67. The zero-order valence-electron chi connectivity index (χ0n) is 11.2. The Hall–Kier alpha value is -0.610. The van der Waals surface area contributed by atoms with Crippen LogP contribution >= 0.6 is 0 Å². The number of rotatable bonds is 8. The molecule has 0 bridgehead atoms. The van der Waals surface area contributed by atoms with E-state index in [0.717, 1.165) is 38.8 Å². The third-order valence-corrected chi connectivity index (χ3v) is 2.62. The van der Waals surface area contributed by atoms with Crippen LogP contribution in [0.5, 0.6) is 0 Å². The topological polar surface area (TPSA) is 49.6 Å². The Bertz CT molecular complexity index is 195. The Kier molecular flexibility index (Phi) is 8.21. The molecule has 96 valence electrons. The molecule has 4 heteroatoms. The number of nitrogens with two attached hydrogens (primary N) is 1. The lowest BCUT2D eigenvalue weighted by Gasteiger charge is -2.20. The van der Waals surface area contributed by atoms with Gasteiger partial charge in [0.15, 0.2) is 0 Å². The van der Waals surface area contributed by atoms with E-state index in [4.69, 9.17) is 5.73 Å². The summed E-state index contributed by atoms with van der Waals surface area (Å²) < 4.78 is 0. The van der Waals surface area contributed by atoms with Gasteiger partial charge in [-0.25, -0.2) is 0 Å². The van der Waals surface area contributed by atoms with E-state index in [1.54, 1.807) is 4.90 Å². The molecule has 4 nitrogen and oxygen atoms in total. The first-order chi connectivity index (χ1) is 7.49. The molecule has 16 heavy (non-hydrogen) atoms. The van der Waals surface area contributed by atoms with E-state index in [1.807, 2.05) is 7.05 Å². The van der Waals surface area contributed by atoms with Crippen LogP contribution in [0.1, 0.15) is 32.6 Å². The average molecular weight is 229 g/mol. The van der Waals surface area contributed by atoms with Crippen LogP contribution in [-0.2, 0) is 4.79 Å². The molecule has 2 N–H and O–H groups in total. The Morgan fingerprint density at radius 3 is 2.31 bits per heavy atom. The van der Waals surface area contributed by atoms with Crippen LogP contribution < -0.4 is 5.73 Å². The van der Waals surface area contributed by atoms with Gasteiger partial charge in [0.1, 0.15) is 0 Å². The molecule has 0 radical (unpaired) electrons. The summed E-state index contributed by atoms with van der Waals surface area (Å²) in [5.41, 5.74) is 5.86. The minimum absolute atomic E-state index is 0.0757. The molecule has 0 saturated heterocycles. The SMILES string of the molecule is CCCN(C)C(=O)C(N)CCCCN(C)C. The van der Waals surface area contributed by atoms with E-state index >= 15 is 0 Å². The summed E-state index contributed by atoms with van der Waals surface area (Å²) in [5, 5.41) is 0.